The van der Waals surface area contributed by atoms with Gasteiger partial charge in [-0.05, 0) is 19.8 Å². The molecule has 1 aliphatic rings. The molecule has 1 rings (SSSR count). The van der Waals surface area contributed by atoms with E-state index in [9.17, 15) is 4.79 Å². The number of hydrogen-bond acceptors (Lipinski definition) is 3. The van der Waals surface area contributed by atoms with Crippen LogP contribution in [0.5, 0.6) is 0 Å². The predicted molar refractivity (Wildman–Crippen MR) is 54.9 cm³/mol. The molecule has 0 aliphatic heterocycles. The molecular weight excluding hydrogens is 180 g/mol. The highest BCUT2D eigenvalue weighted by Crippen LogP contribution is 2.16. The zero-order valence-corrected chi connectivity index (χ0v) is 8.79. The summed E-state index contributed by atoms with van der Waals surface area (Å²) >= 11 is 0. The Morgan fingerprint density at radius 3 is 2.86 bits per heavy atom. The minimum Gasteiger partial charge on any atom is -0.372 e. The Bertz CT molecular complexity index is 185. The van der Waals surface area contributed by atoms with Crippen LogP contribution >= 0.6 is 0 Å². The van der Waals surface area contributed by atoms with Crippen LogP contribution in [0.25, 0.3) is 0 Å². The van der Waals surface area contributed by atoms with Gasteiger partial charge in [-0.3, -0.25) is 4.79 Å². The van der Waals surface area contributed by atoms with Crippen LogP contribution in [0.2, 0.25) is 0 Å². The Labute approximate surface area is 85.2 Å². The van der Waals surface area contributed by atoms with E-state index in [1.807, 2.05) is 6.92 Å². The van der Waals surface area contributed by atoms with Crippen molar-refractivity contribution in [1.29, 1.82) is 0 Å². The van der Waals surface area contributed by atoms with Gasteiger partial charge in [0, 0.05) is 18.7 Å². The van der Waals surface area contributed by atoms with Gasteiger partial charge < -0.3 is 15.8 Å². The third-order valence-electron chi connectivity index (χ3n) is 2.60. The molecule has 2 unspecified atom stereocenters. The van der Waals surface area contributed by atoms with Crippen molar-refractivity contribution in [1.82, 2.24) is 5.32 Å². The molecule has 0 aromatic heterocycles. The lowest BCUT2D eigenvalue weighted by molar-refractivity contribution is -0.126. The molecule has 0 spiro atoms. The van der Waals surface area contributed by atoms with Gasteiger partial charge in [-0.2, -0.15) is 0 Å². The molecule has 0 heterocycles. The van der Waals surface area contributed by atoms with Gasteiger partial charge in [0.05, 0.1) is 0 Å². The summed E-state index contributed by atoms with van der Waals surface area (Å²) < 4.78 is 5.02. The Morgan fingerprint density at radius 1 is 1.50 bits per heavy atom. The SMILES string of the molecule is CCOCC(=O)NC1CCCCC1N. The molecule has 1 amide bonds. The maximum absolute atomic E-state index is 11.3. The van der Waals surface area contributed by atoms with Gasteiger partial charge in [0.15, 0.2) is 0 Å². The van der Waals surface area contributed by atoms with Crippen LogP contribution < -0.4 is 11.1 Å². The van der Waals surface area contributed by atoms with Gasteiger partial charge in [-0.25, -0.2) is 0 Å². The van der Waals surface area contributed by atoms with Crippen LogP contribution in [-0.2, 0) is 9.53 Å². The number of hydrogen-bond donors (Lipinski definition) is 2. The minimum absolute atomic E-state index is 0.0470. The predicted octanol–water partition coefficient (Wildman–Crippen LogP) is 0.409. The van der Waals surface area contributed by atoms with Crippen molar-refractivity contribution in [3.63, 3.8) is 0 Å². The first-order valence-electron chi connectivity index (χ1n) is 5.36. The Kier molecular flexibility index (Phi) is 4.90. The van der Waals surface area contributed by atoms with Crippen molar-refractivity contribution >= 4 is 5.91 Å². The smallest absolute Gasteiger partial charge is 0.246 e. The lowest BCUT2D eigenvalue weighted by atomic mass is 9.91. The molecule has 82 valence electrons. The van der Waals surface area contributed by atoms with Gasteiger partial charge >= 0.3 is 0 Å². The number of nitrogens with one attached hydrogen (secondary N) is 1. The summed E-state index contributed by atoms with van der Waals surface area (Å²) in [6, 6.07) is 0.269. The third kappa shape index (κ3) is 3.64. The van der Waals surface area contributed by atoms with Crippen LogP contribution in [0.4, 0.5) is 0 Å². The van der Waals surface area contributed by atoms with Crippen LogP contribution in [-0.4, -0.2) is 31.2 Å². The molecule has 1 aliphatic carbocycles. The standard InChI is InChI=1S/C10H20N2O2/c1-2-14-7-10(13)12-9-6-4-3-5-8(9)11/h8-9H,2-7,11H2,1H3,(H,12,13). The second kappa shape index (κ2) is 5.98. The van der Waals surface area contributed by atoms with E-state index in [1.165, 1.54) is 6.42 Å². The van der Waals surface area contributed by atoms with Crippen LogP contribution in [0.3, 0.4) is 0 Å². The minimum atomic E-state index is -0.0470. The average Bonchev–Trinajstić information content (AvgIpc) is 2.18. The van der Waals surface area contributed by atoms with Crippen molar-refractivity contribution in [2.45, 2.75) is 44.7 Å². The van der Waals surface area contributed by atoms with Crippen LogP contribution in [0.1, 0.15) is 32.6 Å². The normalized spacial score (nSPS) is 27.3. The van der Waals surface area contributed by atoms with Crippen LogP contribution in [0, 0.1) is 0 Å². The summed E-state index contributed by atoms with van der Waals surface area (Å²) in [6.07, 6.45) is 4.35. The van der Waals surface area contributed by atoms with Crippen molar-refractivity contribution in [2.24, 2.45) is 5.73 Å². The summed E-state index contributed by atoms with van der Waals surface area (Å²) in [4.78, 5) is 11.3. The Hall–Kier alpha value is -0.610. The first kappa shape index (κ1) is 11.5. The van der Waals surface area contributed by atoms with Gasteiger partial charge in [-0.15, -0.1) is 0 Å². The maximum Gasteiger partial charge on any atom is 0.246 e. The molecule has 2 atom stereocenters. The number of carbonyl (C=O) groups excluding carboxylic acids is 1. The molecule has 0 bridgehead atoms. The molecule has 4 nitrogen and oxygen atoms in total. The molecule has 14 heavy (non-hydrogen) atoms. The summed E-state index contributed by atoms with van der Waals surface area (Å²) in [6.45, 7) is 2.60. The van der Waals surface area contributed by atoms with E-state index in [4.69, 9.17) is 10.5 Å². The second-order valence-corrected chi connectivity index (χ2v) is 3.76. The van der Waals surface area contributed by atoms with E-state index >= 15 is 0 Å². The Balaban J connectivity index is 2.23. The van der Waals surface area contributed by atoms with Crippen molar-refractivity contribution < 1.29 is 9.53 Å². The lowest BCUT2D eigenvalue weighted by Gasteiger charge is -2.29. The van der Waals surface area contributed by atoms with E-state index in [-0.39, 0.29) is 24.6 Å². The molecule has 0 aromatic carbocycles. The number of amides is 1. The van der Waals surface area contributed by atoms with E-state index in [2.05, 4.69) is 5.32 Å². The van der Waals surface area contributed by atoms with Crippen molar-refractivity contribution in [3.8, 4) is 0 Å². The van der Waals surface area contributed by atoms with Crippen LogP contribution in [0.15, 0.2) is 0 Å². The summed E-state index contributed by atoms with van der Waals surface area (Å²) in [5, 5.41) is 2.91. The lowest BCUT2D eigenvalue weighted by Crippen LogP contribution is -2.50. The van der Waals surface area contributed by atoms with Gasteiger partial charge in [-0.1, -0.05) is 12.8 Å². The number of carbonyl (C=O) groups is 1. The number of nitrogens with two attached hydrogens (primary N) is 1. The fourth-order valence-electron chi connectivity index (χ4n) is 1.78. The van der Waals surface area contributed by atoms with Gasteiger partial charge in [0.25, 0.3) is 0 Å². The fourth-order valence-corrected chi connectivity index (χ4v) is 1.78. The highest BCUT2D eigenvalue weighted by atomic mass is 16.5. The van der Waals surface area contributed by atoms with Gasteiger partial charge in [0.2, 0.25) is 5.91 Å². The molecular formula is C10H20N2O2. The Morgan fingerprint density at radius 2 is 2.21 bits per heavy atom. The molecule has 0 saturated heterocycles. The van der Waals surface area contributed by atoms with Crippen molar-refractivity contribution in [3.05, 3.63) is 0 Å². The third-order valence-corrected chi connectivity index (χ3v) is 2.60. The van der Waals surface area contributed by atoms with Crippen molar-refractivity contribution in [2.75, 3.05) is 13.2 Å². The topological polar surface area (TPSA) is 64.3 Å². The molecule has 0 aromatic rings. The first-order valence-corrected chi connectivity index (χ1v) is 5.36. The van der Waals surface area contributed by atoms with E-state index < -0.39 is 0 Å². The molecule has 0 radical (unpaired) electrons. The zero-order chi connectivity index (χ0) is 10.4. The highest BCUT2D eigenvalue weighted by Gasteiger charge is 2.22. The van der Waals surface area contributed by atoms with E-state index in [1.54, 1.807) is 0 Å². The molecule has 1 saturated carbocycles. The molecule has 4 heteroatoms. The fraction of sp³-hybridized carbons (Fsp3) is 0.900. The van der Waals surface area contributed by atoms with Gasteiger partial charge in [0.1, 0.15) is 6.61 Å². The maximum atomic E-state index is 11.3. The molecule has 1 fully saturated rings. The summed E-state index contributed by atoms with van der Waals surface area (Å²) in [7, 11) is 0. The zero-order valence-electron chi connectivity index (χ0n) is 8.79. The first-order chi connectivity index (χ1) is 6.74. The number of ether oxygens (including phenoxy) is 1. The molecule has 3 N–H and O–H groups in total. The highest BCUT2D eigenvalue weighted by molar-refractivity contribution is 5.77. The summed E-state index contributed by atoms with van der Waals surface area (Å²) in [5.41, 5.74) is 5.90. The quantitative estimate of drug-likeness (QED) is 0.691. The second-order valence-electron chi connectivity index (χ2n) is 3.76. The van der Waals surface area contributed by atoms with E-state index in [0.717, 1.165) is 19.3 Å². The average molecular weight is 200 g/mol. The number of rotatable bonds is 4. The largest absolute Gasteiger partial charge is 0.372 e. The monoisotopic (exact) mass is 200 g/mol. The van der Waals surface area contributed by atoms with E-state index in [0.29, 0.717) is 6.61 Å². The summed E-state index contributed by atoms with van der Waals surface area (Å²) in [5.74, 6) is -0.0470.